The van der Waals surface area contributed by atoms with Crippen LogP contribution in [0.15, 0.2) is 28.1 Å². The topological polar surface area (TPSA) is 66.6 Å². The molecular weight excluding hydrogens is 264 g/mol. The quantitative estimate of drug-likeness (QED) is 0.881. The van der Waals surface area contributed by atoms with E-state index in [0.717, 1.165) is 16.3 Å². The number of nitrogens with zero attached hydrogens (tertiary/aromatic N) is 2. The number of hydrogen-bond donors (Lipinski definition) is 1. The molecule has 0 saturated carbocycles. The third-order valence-corrected chi connectivity index (χ3v) is 3.82. The van der Waals surface area contributed by atoms with E-state index in [1.165, 1.54) is 0 Å². The first kappa shape index (κ1) is 13.8. The summed E-state index contributed by atoms with van der Waals surface area (Å²) >= 11 is 1.58. The summed E-state index contributed by atoms with van der Waals surface area (Å²) in [5.74, 6) is -0.0891. The number of thiophene rings is 1. The van der Waals surface area contributed by atoms with Crippen LogP contribution in [0.3, 0.4) is 0 Å². The monoisotopic (exact) mass is 280 g/mol. The predicted molar refractivity (Wildman–Crippen MR) is 73.0 cm³/mol. The van der Waals surface area contributed by atoms with Gasteiger partial charge in [-0.1, -0.05) is 18.1 Å². The highest BCUT2D eigenvalue weighted by molar-refractivity contribution is 7.13. The molecule has 2 aromatic heterocycles. The molecule has 0 aliphatic rings. The Hall–Kier alpha value is -1.66. The van der Waals surface area contributed by atoms with Crippen molar-refractivity contribution in [1.29, 1.82) is 0 Å². The molecule has 1 N–H and O–H groups in total. The number of rotatable bonds is 6. The van der Waals surface area contributed by atoms with Crippen molar-refractivity contribution in [3.8, 4) is 10.6 Å². The smallest absolute Gasteiger partial charge is 0.320 e. The first-order valence-corrected chi connectivity index (χ1v) is 6.92. The fourth-order valence-corrected chi connectivity index (χ4v) is 2.63. The number of carbonyl (C=O) groups is 1. The van der Waals surface area contributed by atoms with Gasteiger partial charge in [0, 0.05) is 12.6 Å². The van der Waals surface area contributed by atoms with Crippen molar-refractivity contribution in [3.05, 3.63) is 29.3 Å². The van der Waals surface area contributed by atoms with Crippen LogP contribution in [-0.4, -0.2) is 34.2 Å². The van der Waals surface area contributed by atoms with Gasteiger partial charge in [-0.05, 0) is 24.9 Å². The lowest BCUT2D eigenvalue weighted by molar-refractivity contribution is -0.143. The Bertz CT molecular complexity index is 536. The Morgan fingerprint density at radius 3 is 3.00 bits per heavy atom. The molecule has 0 amide bonds. The second-order valence-electron chi connectivity index (χ2n) is 4.34. The molecule has 5 nitrogen and oxygen atoms in total. The molecule has 6 heteroatoms. The van der Waals surface area contributed by atoms with Gasteiger partial charge >= 0.3 is 5.97 Å². The molecular formula is C13H16N2O3S. The Morgan fingerprint density at radius 2 is 2.42 bits per heavy atom. The van der Waals surface area contributed by atoms with Gasteiger partial charge in [0.15, 0.2) is 5.76 Å². The average molecular weight is 280 g/mol. The van der Waals surface area contributed by atoms with Crippen molar-refractivity contribution in [2.24, 2.45) is 0 Å². The number of carboxylic acids is 1. The van der Waals surface area contributed by atoms with E-state index in [1.807, 2.05) is 30.5 Å². The van der Waals surface area contributed by atoms with Gasteiger partial charge in [0.25, 0.3) is 0 Å². The molecule has 2 heterocycles. The van der Waals surface area contributed by atoms with Crippen LogP contribution < -0.4 is 0 Å². The zero-order valence-corrected chi connectivity index (χ0v) is 11.7. The maximum atomic E-state index is 11.1. The van der Waals surface area contributed by atoms with Crippen molar-refractivity contribution in [2.45, 2.75) is 25.9 Å². The molecule has 0 radical (unpaired) electrons. The Balaban J connectivity index is 2.06. The molecule has 2 rings (SSSR count). The number of hydrogen-bond acceptors (Lipinski definition) is 5. The highest BCUT2D eigenvalue weighted by Gasteiger charge is 2.21. The molecule has 0 aliphatic heterocycles. The van der Waals surface area contributed by atoms with E-state index in [1.54, 1.807) is 23.3 Å². The second kappa shape index (κ2) is 5.99. The highest BCUT2D eigenvalue weighted by atomic mass is 32.1. The molecule has 0 bridgehead atoms. The standard InChI is InChI=1S/C13H16N2O3S/c1-3-10(13(16)17)15(2)8-9-7-11(18-14-9)12-5-4-6-19-12/h4-7,10H,3,8H2,1-2H3,(H,16,17). The van der Waals surface area contributed by atoms with E-state index >= 15 is 0 Å². The van der Waals surface area contributed by atoms with E-state index in [0.29, 0.717) is 13.0 Å². The van der Waals surface area contributed by atoms with Gasteiger partial charge in [-0.25, -0.2) is 0 Å². The number of likely N-dealkylation sites (N-methyl/N-ethyl adjacent to an activating group) is 1. The number of aliphatic carboxylic acids is 1. The van der Waals surface area contributed by atoms with Crippen LogP contribution in [0, 0.1) is 0 Å². The van der Waals surface area contributed by atoms with Crippen LogP contribution in [0.5, 0.6) is 0 Å². The second-order valence-corrected chi connectivity index (χ2v) is 5.28. The van der Waals surface area contributed by atoms with Crippen LogP contribution in [0.1, 0.15) is 19.0 Å². The SMILES string of the molecule is CCC(C(=O)O)N(C)Cc1cc(-c2cccs2)on1. The lowest BCUT2D eigenvalue weighted by Gasteiger charge is -2.21. The molecule has 0 aromatic carbocycles. The molecule has 0 aliphatic carbocycles. The number of carboxylic acid groups (broad SMARTS) is 1. The minimum atomic E-state index is -0.813. The van der Waals surface area contributed by atoms with Crippen molar-refractivity contribution in [2.75, 3.05) is 7.05 Å². The Labute approximate surface area is 115 Å². The van der Waals surface area contributed by atoms with Crippen LogP contribution in [0.4, 0.5) is 0 Å². The summed E-state index contributed by atoms with van der Waals surface area (Å²) in [6, 6.07) is 5.27. The first-order chi connectivity index (χ1) is 9.11. The predicted octanol–water partition coefficient (Wildman–Crippen LogP) is 2.70. The van der Waals surface area contributed by atoms with Crippen molar-refractivity contribution in [1.82, 2.24) is 10.1 Å². The third-order valence-electron chi connectivity index (χ3n) is 2.94. The highest BCUT2D eigenvalue weighted by Crippen LogP contribution is 2.25. The molecule has 1 atom stereocenters. The van der Waals surface area contributed by atoms with Crippen LogP contribution in [-0.2, 0) is 11.3 Å². The van der Waals surface area contributed by atoms with E-state index in [4.69, 9.17) is 9.63 Å². The maximum absolute atomic E-state index is 11.1. The molecule has 0 saturated heterocycles. The van der Waals surface area contributed by atoms with E-state index in [-0.39, 0.29) is 0 Å². The molecule has 1 unspecified atom stereocenters. The maximum Gasteiger partial charge on any atom is 0.320 e. The molecule has 102 valence electrons. The lowest BCUT2D eigenvalue weighted by atomic mass is 10.2. The van der Waals surface area contributed by atoms with Crippen LogP contribution in [0.2, 0.25) is 0 Å². The first-order valence-electron chi connectivity index (χ1n) is 6.04. The summed E-state index contributed by atoms with van der Waals surface area (Å²) in [6.45, 7) is 2.31. The molecule has 19 heavy (non-hydrogen) atoms. The number of aromatic nitrogens is 1. The molecule has 0 fully saturated rings. The summed E-state index contributed by atoms with van der Waals surface area (Å²) in [6.07, 6.45) is 0.557. The van der Waals surface area contributed by atoms with E-state index in [2.05, 4.69) is 5.16 Å². The van der Waals surface area contributed by atoms with E-state index < -0.39 is 12.0 Å². The van der Waals surface area contributed by atoms with Gasteiger partial charge in [-0.3, -0.25) is 9.69 Å². The van der Waals surface area contributed by atoms with Gasteiger partial charge < -0.3 is 9.63 Å². The summed E-state index contributed by atoms with van der Waals surface area (Å²) in [5, 5.41) is 15.1. The Kier molecular flexibility index (Phi) is 4.34. The van der Waals surface area contributed by atoms with Crippen LogP contribution >= 0.6 is 11.3 Å². The summed E-state index contributed by atoms with van der Waals surface area (Å²) in [5.41, 5.74) is 0.741. The fraction of sp³-hybridized carbons (Fsp3) is 0.385. The minimum absolute atomic E-state index is 0.458. The normalized spacial score (nSPS) is 12.8. The lowest BCUT2D eigenvalue weighted by Crippen LogP contribution is -2.37. The molecule has 2 aromatic rings. The van der Waals surface area contributed by atoms with E-state index in [9.17, 15) is 4.79 Å². The van der Waals surface area contributed by atoms with Gasteiger partial charge in [-0.15, -0.1) is 11.3 Å². The average Bonchev–Trinajstić information content (AvgIpc) is 2.98. The summed E-state index contributed by atoms with van der Waals surface area (Å²) in [4.78, 5) is 13.9. The minimum Gasteiger partial charge on any atom is -0.480 e. The fourth-order valence-electron chi connectivity index (χ4n) is 1.96. The van der Waals surface area contributed by atoms with Crippen molar-refractivity contribution in [3.63, 3.8) is 0 Å². The third kappa shape index (κ3) is 3.21. The largest absolute Gasteiger partial charge is 0.480 e. The van der Waals surface area contributed by atoms with Crippen molar-refractivity contribution < 1.29 is 14.4 Å². The van der Waals surface area contributed by atoms with Gasteiger partial charge in [0.2, 0.25) is 0 Å². The summed E-state index contributed by atoms with van der Waals surface area (Å²) < 4.78 is 5.27. The summed E-state index contributed by atoms with van der Waals surface area (Å²) in [7, 11) is 1.78. The van der Waals surface area contributed by atoms with Gasteiger partial charge in [-0.2, -0.15) is 0 Å². The Morgan fingerprint density at radius 1 is 1.63 bits per heavy atom. The zero-order chi connectivity index (χ0) is 13.8. The van der Waals surface area contributed by atoms with Crippen LogP contribution in [0.25, 0.3) is 10.6 Å². The molecule has 0 spiro atoms. The van der Waals surface area contributed by atoms with Gasteiger partial charge in [0.05, 0.1) is 10.6 Å². The zero-order valence-electron chi connectivity index (χ0n) is 10.9. The van der Waals surface area contributed by atoms with Gasteiger partial charge in [0.1, 0.15) is 6.04 Å². The van der Waals surface area contributed by atoms with Crippen molar-refractivity contribution >= 4 is 17.3 Å².